The van der Waals surface area contributed by atoms with Crippen molar-refractivity contribution in [3.8, 4) is 5.75 Å². The third-order valence-corrected chi connectivity index (χ3v) is 4.00. The number of piperazine rings is 1. The molecule has 1 saturated heterocycles. The molecule has 1 aromatic rings. The van der Waals surface area contributed by atoms with Crippen molar-refractivity contribution in [2.45, 2.75) is 26.1 Å². The van der Waals surface area contributed by atoms with Gasteiger partial charge in [0.1, 0.15) is 5.75 Å². The van der Waals surface area contributed by atoms with Crippen LogP contribution in [-0.2, 0) is 4.74 Å². The van der Waals surface area contributed by atoms with Gasteiger partial charge in [-0.2, -0.15) is 0 Å². The molecule has 1 aromatic carbocycles. The fourth-order valence-corrected chi connectivity index (χ4v) is 2.78. The number of nitrogens with two attached hydrogens (primary N) is 1. The lowest BCUT2D eigenvalue weighted by molar-refractivity contribution is 0.0679. The van der Waals surface area contributed by atoms with Gasteiger partial charge in [-0.1, -0.05) is 12.1 Å². The van der Waals surface area contributed by atoms with Crippen LogP contribution >= 0.6 is 0 Å². The van der Waals surface area contributed by atoms with Gasteiger partial charge in [0.25, 0.3) is 0 Å². The van der Waals surface area contributed by atoms with Gasteiger partial charge in [0.2, 0.25) is 0 Å². The first-order chi connectivity index (χ1) is 10.6. The number of rotatable bonds is 7. The van der Waals surface area contributed by atoms with Crippen molar-refractivity contribution >= 4 is 5.69 Å². The molecule has 0 aromatic heterocycles. The summed E-state index contributed by atoms with van der Waals surface area (Å²) >= 11 is 0. The quantitative estimate of drug-likeness (QED) is 0.829. The van der Waals surface area contributed by atoms with E-state index in [-0.39, 0.29) is 12.2 Å². The monoisotopic (exact) mass is 307 g/mol. The summed E-state index contributed by atoms with van der Waals surface area (Å²) in [4.78, 5) is 4.82. The Hall–Kier alpha value is -1.30. The standard InChI is InChI=1S/C17H29N3O2/c1-14(2)22-17-7-5-4-6-16(17)20-10-8-19(9-11-20)13-15(12-18)21-3/h4-7,14-15H,8-13,18H2,1-3H3. The van der Waals surface area contributed by atoms with Crippen LogP contribution in [0.15, 0.2) is 24.3 Å². The zero-order valence-electron chi connectivity index (χ0n) is 14.0. The highest BCUT2D eigenvalue weighted by atomic mass is 16.5. The second-order valence-corrected chi connectivity index (χ2v) is 6.02. The number of benzene rings is 1. The molecule has 0 spiro atoms. The summed E-state index contributed by atoms with van der Waals surface area (Å²) in [5.41, 5.74) is 6.90. The number of para-hydroxylation sites is 2. The average molecular weight is 307 g/mol. The number of ether oxygens (including phenoxy) is 2. The molecule has 5 heteroatoms. The molecular weight excluding hydrogens is 278 g/mol. The third-order valence-electron chi connectivity index (χ3n) is 4.00. The van der Waals surface area contributed by atoms with Crippen LogP contribution in [0.25, 0.3) is 0 Å². The molecule has 2 rings (SSSR count). The molecule has 0 saturated carbocycles. The smallest absolute Gasteiger partial charge is 0.142 e. The maximum absolute atomic E-state index is 5.93. The predicted molar refractivity (Wildman–Crippen MR) is 90.7 cm³/mol. The number of nitrogens with zero attached hydrogens (tertiary/aromatic N) is 2. The maximum atomic E-state index is 5.93. The summed E-state index contributed by atoms with van der Waals surface area (Å²) < 4.78 is 11.3. The molecule has 0 amide bonds. The van der Waals surface area contributed by atoms with E-state index in [1.807, 2.05) is 6.07 Å². The fraction of sp³-hybridized carbons (Fsp3) is 0.647. The van der Waals surface area contributed by atoms with Crippen molar-refractivity contribution in [1.82, 2.24) is 4.90 Å². The highest BCUT2D eigenvalue weighted by Gasteiger charge is 2.21. The molecule has 0 radical (unpaired) electrons. The van der Waals surface area contributed by atoms with Crippen molar-refractivity contribution in [2.24, 2.45) is 5.73 Å². The van der Waals surface area contributed by atoms with Crippen LogP contribution in [0.4, 0.5) is 5.69 Å². The van der Waals surface area contributed by atoms with Crippen LogP contribution in [0.1, 0.15) is 13.8 Å². The zero-order valence-corrected chi connectivity index (χ0v) is 14.0. The Morgan fingerprint density at radius 3 is 2.41 bits per heavy atom. The number of hydrogen-bond acceptors (Lipinski definition) is 5. The lowest BCUT2D eigenvalue weighted by atomic mass is 10.2. The lowest BCUT2D eigenvalue weighted by Crippen LogP contribution is -2.49. The summed E-state index contributed by atoms with van der Waals surface area (Å²) in [5.74, 6) is 0.975. The molecule has 124 valence electrons. The molecular formula is C17H29N3O2. The number of hydrogen-bond donors (Lipinski definition) is 1. The molecule has 1 atom stereocenters. The second-order valence-electron chi connectivity index (χ2n) is 6.02. The van der Waals surface area contributed by atoms with E-state index in [9.17, 15) is 0 Å². The Morgan fingerprint density at radius 1 is 1.14 bits per heavy atom. The van der Waals surface area contributed by atoms with Crippen molar-refractivity contribution < 1.29 is 9.47 Å². The normalized spacial score (nSPS) is 17.8. The average Bonchev–Trinajstić information content (AvgIpc) is 2.53. The topological polar surface area (TPSA) is 51.0 Å². The SMILES string of the molecule is COC(CN)CN1CCN(c2ccccc2OC(C)C)CC1. The first kappa shape index (κ1) is 17.1. The first-order valence-electron chi connectivity index (χ1n) is 8.10. The molecule has 0 aliphatic carbocycles. The van der Waals surface area contributed by atoms with Crippen molar-refractivity contribution in [1.29, 1.82) is 0 Å². The highest BCUT2D eigenvalue weighted by molar-refractivity contribution is 5.58. The van der Waals surface area contributed by atoms with Crippen molar-refractivity contribution in [3.63, 3.8) is 0 Å². The Morgan fingerprint density at radius 2 is 1.82 bits per heavy atom. The first-order valence-corrected chi connectivity index (χ1v) is 8.10. The molecule has 1 fully saturated rings. The van der Waals surface area contributed by atoms with Crippen LogP contribution in [0, 0.1) is 0 Å². The van der Waals surface area contributed by atoms with Crippen molar-refractivity contribution in [3.05, 3.63) is 24.3 Å². The van der Waals surface area contributed by atoms with E-state index in [4.69, 9.17) is 15.2 Å². The van der Waals surface area contributed by atoms with Gasteiger partial charge in [-0.25, -0.2) is 0 Å². The Kier molecular flexibility index (Phi) is 6.49. The highest BCUT2D eigenvalue weighted by Crippen LogP contribution is 2.29. The third kappa shape index (κ3) is 4.60. The molecule has 22 heavy (non-hydrogen) atoms. The van der Waals surface area contributed by atoms with Gasteiger partial charge in [0, 0.05) is 46.4 Å². The Labute approximate surface area is 134 Å². The summed E-state index contributed by atoms with van der Waals surface area (Å²) in [5, 5.41) is 0. The van der Waals surface area contributed by atoms with Gasteiger partial charge in [-0.15, -0.1) is 0 Å². The van der Waals surface area contributed by atoms with Gasteiger partial charge in [0.05, 0.1) is 17.9 Å². The number of methoxy groups -OCH3 is 1. The van der Waals surface area contributed by atoms with E-state index in [0.29, 0.717) is 6.54 Å². The van der Waals surface area contributed by atoms with E-state index in [2.05, 4.69) is 41.8 Å². The van der Waals surface area contributed by atoms with Gasteiger partial charge in [0.15, 0.2) is 0 Å². The fourth-order valence-electron chi connectivity index (χ4n) is 2.78. The molecule has 0 bridgehead atoms. The van der Waals surface area contributed by atoms with Gasteiger partial charge < -0.3 is 20.1 Å². The van der Waals surface area contributed by atoms with Crippen LogP contribution < -0.4 is 15.4 Å². The van der Waals surface area contributed by atoms with Gasteiger partial charge >= 0.3 is 0 Å². The lowest BCUT2D eigenvalue weighted by Gasteiger charge is -2.37. The van der Waals surface area contributed by atoms with E-state index in [0.717, 1.165) is 38.5 Å². The van der Waals surface area contributed by atoms with E-state index >= 15 is 0 Å². The van der Waals surface area contributed by atoms with Crippen LogP contribution in [0.3, 0.4) is 0 Å². The summed E-state index contributed by atoms with van der Waals surface area (Å²) in [6.07, 6.45) is 0.317. The number of anilines is 1. The largest absolute Gasteiger partial charge is 0.489 e. The summed E-state index contributed by atoms with van der Waals surface area (Å²) in [6.45, 7) is 9.65. The minimum absolute atomic E-state index is 0.128. The minimum atomic E-state index is 0.128. The predicted octanol–water partition coefficient (Wildman–Crippen LogP) is 1.57. The van der Waals surface area contributed by atoms with Crippen LogP contribution in [0.5, 0.6) is 5.75 Å². The van der Waals surface area contributed by atoms with E-state index < -0.39 is 0 Å². The molecule has 1 heterocycles. The molecule has 1 aliphatic rings. The maximum Gasteiger partial charge on any atom is 0.142 e. The van der Waals surface area contributed by atoms with E-state index in [1.165, 1.54) is 5.69 Å². The Balaban J connectivity index is 1.94. The molecule has 2 N–H and O–H groups in total. The molecule has 5 nitrogen and oxygen atoms in total. The van der Waals surface area contributed by atoms with Gasteiger partial charge in [-0.3, -0.25) is 4.90 Å². The van der Waals surface area contributed by atoms with Crippen LogP contribution in [0.2, 0.25) is 0 Å². The molecule has 1 aliphatic heterocycles. The second kappa shape index (κ2) is 8.36. The van der Waals surface area contributed by atoms with E-state index in [1.54, 1.807) is 7.11 Å². The minimum Gasteiger partial charge on any atom is -0.489 e. The summed E-state index contributed by atoms with van der Waals surface area (Å²) in [6, 6.07) is 8.30. The molecule has 1 unspecified atom stereocenters. The zero-order chi connectivity index (χ0) is 15.9. The van der Waals surface area contributed by atoms with Crippen LogP contribution in [-0.4, -0.2) is 63.5 Å². The Bertz CT molecular complexity index is 441. The van der Waals surface area contributed by atoms with Crippen molar-refractivity contribution in [2.75, 3.05) is 51.3 Å². The van der Waals surface area contributed by atoms with Gasteiger partial charge in [-0.05, 0) is 26.0 Å². The summed E-state index contributed by atoms with van der Waals surface area (Å²) in [7, 11) is 1.73.